The van der Waals surface area contributed by atoms with Gasteiger partial charge in [0, 0.05) is 26.2 Å². The van der Waals surface area contributed by atoms with Gasteiger partial charge in [0.25, 0.3) is 0 Å². The summed E-state index contributed by atoms with van der Waals surface area (Å²) >= 11 is 0. The number of nitrogens with one attached hydrogen (secondary N) is 1. The van der Waals surface area contributed by atoms with Crippen molar-refractivity contribution in [2.45, 2.75) is 68.2 Å². The third-order valence-corrected chi connectivity index (χ3v) is 9.98. The maximum absolute atomic E-state index is 14.2. The molecule has 3 aliphatic rings. The molecule has 0 aromatic heterocycles. The number of rotatable bonds is 7. The summed E-state index contributed by atoms with van der Waals surface area (Å²) in [5, 5.41) is 3.19. The number of nitrogens with zero attached hydrogens (tertiary/aromatic N) is 2. The minimum absolute atomic E-state index is 0. The van der Waals surface area contributed by atoms with E-state index in [-0.39, 0.29) is 61.1 Å². The molecule has 42 heavy (non-hydrogen) atoms. The predicted molar refractivity (Wildman–Crippen MR) is 149 cm³/mol. The highest BCUT2D eigenvalue weighted by atomic mass is 35.5. The number of methoxy groups -OCH3 is 1. The molecule has 3 N–H and O–H groups in total. The lowest BCUT2D eigenvalue weighted by Gasteiger charge is -2.45. The van der Waals surface area contributed by atoms with E-state index in [1.165, 1.54) is 18.2 Å². The van der Waals surface area contributed by atoms with Gasteiger partial charge in [-0.3, -0.25) is 9.59 Å². The number of amides is 1. The van der Waals surface area contributed by atoms with Gasteiger partial charge in [-0.25, -0.2) is 13.2 Å². The number of nitrogens with two attached hydrogens (primary N) is 1. The zero-order valence-corrected chi connectivity index (χ0v) is 25.0. The van der Waals surface area contributed by atoms with Crippen molar-refractivity contribution < 1.29 is 40.7 Å². The molecule has 0 radical (unpaired) electrons. The van der Waals surface area contributed by atoms with Gasteiger partial charge in [-0.15, -0.1) is 12.4 Å². The average molecular weight is 637 g/mol. The molecule has 1 aromatic carbocycles. The molecule has 0 aliphatic carbocycles. The van der Waals surface area contributed by atoms with Crippen LogP contribution in [0.4, 0.5) is 13.2 Å². The van der Waals surface area contributed by atoms with Gasteiger partial charge in [0.05, 0.1) is 18.0 Å². The fraction of sp³-hybridized carbons (Fsp3) is 0.593. The summed E-state index contributed by atoms with van der Waals surface area (Å²) in [7, 11) is -3.48. The van der Waals surface area contributed by atoms with E-state index in [9.17, 15) is 36.0 Å². The van der Waals surface area contributed by atoms with Crippen LogP contribution in [-0.4, -0.2) is 86.3 Å². The van der Waals surface area contributed by atoms with Gasteiger partial charge in [-0.2, -0.15) is 17.5 Å². The van der Waals surface area contributed by atoms with Crippen molar-refractivity contribution in [3.05, 3.63) is 41.0 Å². The van der Waals surface area contributed by atoms with E-state index in [4.69, 9.17) is 10.5 Å². The Morgan fingerprint density at radius 2 is 1.93 bits per heavy atom. The number of benzene rings is 1. The van der Waals surface area contributed by atoms with E-state index in [0.29, 0.717) is 23.4 Å². The third kappa shape index (κ3) is 6.52. The van der Waals surface area contributed by atoms with Crippen molar-refractivity contribution >= 4 is 40.1 Å². The van der Waals surface area contributed by atoms with Gasteiger partial charge in [0.1, 0.15) is 0 Å². The first-order chi connectivity index (χ1) is 19.2. The zero-order chi connectivity index (χ0) is 30.2. The molecule has 15 heteroatoms. The second-order valence-corrected chi connectivity index (χ2v) is 12.8. The molecule has 0 bridgehead atoms. The Labute approximate surface area is 249 Å². The summed E-state index contributed by atoms with van der Waals surface area (Å²) < 4.78 is 73.3. The summed E-state index contributed by atoms with van der Waals surface area (Å²) in [6.07, 6.45) is -1.88. The first-order valence-electron chi connectivity index (χ1n) is 13.5. The quantitative estimate of drug-likeness (QED) is 0.264. The highest BCUT2D eigenvalue weighted by Crippen LogP contribution is 2.40. The van der Waals surface area contributed by atoms with Gasteiger partial charge in [0.15, 0.2) is 11.3 Å². The van der Waals surface area contributed by atoms with Crippen molar-refractivity contribution in [3.8, 4) is 0 Å². The van der Waals surface area contributed by atoms with Gasteiger partial charge in [-0.1, -0.05) is 24.6 Å². The minimum Gasteiger partial charge on any atom is -0.467 e. The number of sulfonamides is 1. The van der Waals surface area contributed by atoms with Crippen LogP contribution in [0.25, 0.3) is 0 Å². The molecule has 1 aromatic rings. The average Bonchev–Trinajstić information content (AvgIpc) is 2.94. The molecule has 0 spiro atoms. The van der Waals surface area contributed by atoms with Crippen LogP contribution in [0.5, 0.6) is 0 Å². The largest absolute Gasteiger partial charge is 0.471 e. The molecule has 3 heterocycles. The van der Waals surface area contributed by atoms with Crippen molar-refractivity contribution in [2.75, 3.05) is 33.3 Å². The fourth-order valence-electron chi connectivity index (χ4n) is 5.95. The maximum Gasteiger partial charge on any atom is 0.471 e. The summed E-state index contributed by atoms with van der Waals surface area (Å²) in [6, 6.07) is 2.82. The first-order valence-corrected chi connectivity index (χ1v) is 14.9. The lowest BCUT2D eigenvalue weighted by Crippen LogP contribution is -2.68. The highest BCUT2D eigenvalue weighted by molar-refractivity contribution is 7.89. The minimum atomic E-state index is -5.06. The van der Waals surface area contributed by atoms with E-state index < -0.39 is 52.0 Å². The topological polar surface area (TPSA) is 139 Å². The Kier molecular flexibility index (Phi) is 10.5. The number of hydrogen-bond donors (Lipinski definition) is 2. The monoisotopic (exact) mass is 636 g/mol. The van der Waals surface area contributed by atoms with E-state index in [0.717, 1.165) is 30.0 Å². The van der Waals surface area contributed by atoms with Crippen molar-refractivity contribution in [1.29, 1.82) is 0 Å². The second kappa shape index (κ2) is 13.0. The molecular weight excluding hydrogens is 601 g/mol. The van der Waals surface area contributed by atoms with Crippen LogP contribution < -0.4 is 11.1 Å². The SMILES string of the molecule is COC(=O)[C@]1(C(=O)C(N)CC2=CCCNC2)C[C@H](C)CCN1S(=O)(=O)c1ccc2c(c1)CN(C(=O)C(F)(F)F)CC2.Cl. The summed E-state index contributed by atoms with van der Waals surface area (Å²) in [6.45, 7) is 2.35. The zero-order valence-electron chi connectivity index (χ0n) is 23.4. The Hall–Kier alpha value is -2.52. The van der Waals surface area contributed by atoms with Crippen LogP contribution in [0.3, 0.4) is 0 Å². The molecule has 3 atom stereocenters. The molecule has 0 saturated carbocycles. The van der Waals surface area contributed by atoms with Crippen LogP contribution in [0, 0.1) is 5.92 Å². The number of ether oxygens (including phenoxy) is 1. The number of halogens is 4. The molecule has 1 unspecified atom stereocenters. The van der Waals surface area contributed by atoms with Crippen molar-refractivity contribution in [3.63, 3.8) is 0 Å². The number of carbonyl (C=O) groups excluding carboxylic acids is 3. The van der Waals surface area contributed by atoms with Crippen LogP contribution >= 0.6 is 12.4 Å². The number of hydrogen-bond acceptors (Lipinski definition) is 8. The second-order valence-electron chi connectivity index (χ2n) is 10.9. The number of fused-ring (bicyclic) bond motifs is 1. The molecule has 10 nitrogen and oxygen atoms in total. The maximum atomic E-state index is 14.2. The summed E-state index contributed by atoms with van der Waals surface area (Å²) in [5.74, 6) is -4.03. The predicted octanol–water partition coefficient (Wildman–Crippen LogP) is 2.09. The first kappa shape index (κ1) is 34.0. The van der Waals surface area contributed by atoms with Crippen LogP contribution in [0.15, 0.2) is 34.7 Å². The number of piperidine rings is 1. The molecule has 3 aliphatic heterocycles. The molecule has 1 fully saturated rings. The molecule has 1 amide bonds. The Morgan fingerprint density at radius 3 is 2.55 bits per heavy atom. The Morgan fingerprint density at radius 1 is 1.21 bits per heavy atom. The lowest BCUT2D eigenvalue weighted by molar-refractivity contribution is -0.186. The van der Waals surface area contributed by atoms with E-state index >= 15 is 0 Å². The molecular formula is C27H36ClF3N4O6S. The van der Waals surface area contributed by atoms with Gasteiger partial charge in [0.2, 0.25) is 10.0 Å². The number of esters is 1. The number of alkyl halides is 3. The molecule has 4 rings (SSSR count). The van der Waals surface area contributed by atoms with Gasteiger partial charge >= 0.3 is 18.1 Å². The van der Waals surface area contributed by atoms with Crippen molar-refractivity contribution in [2.24, 2.45) is 11.7 Å². The number of ketones is 1. The summed E-state index contributed by atoms with van der Waals surface area (Å²) in [4.78, 5) is 39.6. The highest BCUT2D eigenvalue weighted by Gasteiger charge is 2.59. The number of Topliss-reactive ketones (excluding diaryl/α,β-unsaturated/α-hetero) is 1. The Bertz CT molecular complexity index is 1360. The van der Waals surface area contributed by atoms with Crippen LogP contribution in [0.1, 0.15) is 43.7 Å². The fourth-order valence-corrected chi connectivity index (χ4v) is 7.73. The lowest BCUT2D eigenvalue weighted by atomic mass is 9.76. The third-order valence-electron chi connectivity index (χ3n) is 8.06. The van der Waals surface area contributed by atoms with Gasteiger partial charge < -0.3 is 20.7 Å². The summed E-state index contributed by atoms with van der Waals surface area (Å²) in [5.41, 5.74) is 5.84. The molecule has 1 saturated heterocycles. The van der Waals surface area contributed by atoms with Crippen LogP contribution in [-0.2, 0) is 42.1 Å². The van der Waals surface area contributed by atoms with Gasteiger partial charge in [-0.05, 0) is 67.8 Å². The molecule has 234 valence electrons. The van der Waals surface area contributed by atoms with Crippen molar-refractivity contribution in [1.82, 2.24) is 14.5 Å². The van der Waals surface area contributed by atoms with E-state index in [1.807, 2.05) is 6.08 Å². The standard InChI is InChI=1S/C27H35F3N4O6S.ClH/c1-17-7-11-34(26(14-17,25(37)40-2)23(35)22(31)12-18-4-3-9-32-15-18)41(38,39)21-6-5-19-8-10-33(16-20(19)13-21)24(36)27(28,29)30;/h4-6,13,17,22,32H,3,7-12,14-16,31H2,1-2H3;1H/t17-,22?,26-;/m1./s1. The number of carbonyl (C=O) groups is 3. The van der Waals surface area contributed by atoms with Crippen LogP contribution in [0.2, 0.25) is 0 Å². The smallest absolute Gasteiger partial charge is 0.467 e. The van der Waals surface area contributed by atoms with E-state index in [2.05, 4.69) is 5.32 Å². The van der Waals surface area contributed by atoms with E-state index in [1.54, 1.807) is 6.92 Å². The Balaban J connectivity index is 0.00000484. The normalized spacial score (nSPS) is 24.1.